The lowest BCUT2D eigenvalue weighted by molar-refractivity contribution is 0.0955. The molecule has 1 unspecified atom stereocenters. The van der Waals surface area contributed by atoms with E-state index in [-0.39, 0.29) is 11.9 Å². The molecule has 6 heteroatoms. The van der Waals surface area contributed by atoms with Crippen LogP contribution in [-0.4, -0.2) is 33.7 Å². The quantitative estimate of drug-likeness (QED) is 0.758. The first-order chi connectivity index (χ1) is 10.1. The summed E-state index contributed by atoms with van der Waals surface area (Å²) in [7, 11) is 0. The van der Waals surface area contributed by atoms with Gasteiger partial charge in [0.1, 0.15) is 5.82 Å². The minimum Gasteiger partial charge on any atom is -0.367 e. The van der Waals surface area contributed by atoms with E-state index in [1.807, 2.05) is 26.0 Å². The summed E-state index contributed by atoms with van der Waals surface area (Å²) in [6, 6.07) is 5.82. The standard InChI is InChI=1S/C15H21N5O/c1-4-16-15(21)12-5-6-14(17-9-12)18-10(2)7-13-8-11(3)19-20-13/h5-6,8-10H,4,7H2,1-3H3,(H,16,21)(H,17,18)(H,19,20). The molecule has 112 valence electrons. The van der Waals surface area contributed by atoms with Crippen LogP contribution in [0.4, 0.5) is 5.82 Å². The fourth-order valence-corrected chi connectivity index (χ4v) is 2.07. The van der Waals surface area contributed by atoms with E-state index < -0.39 is 0 Å². The molecule has 6 nitrogen and oxygen atoms in total. The Morgan fingerprint density at radius 1 is 1.43 bits per heavy atom. The van der Waals surface area contributed by atoms with Crippen LogP contribution in [0.5, 0.6) is 0 Å². The van der Waals surface area contributed by atoms with Crippen LogP contribution in [0.1, 0.15) is 35.6 Å². The van der Waals surface area contributed by atoms with E-state index >= 15 is 0 Å². The first kappa shape index (κ1) is 15.0. The van der Waals surface area contributed by atoms with Gasteiger partial charge in [-0.1, -0.05) is 0 Å². The number of carbonyl (C=O) groups excluding carboxylic acids is 1. The number of H-pyrrole nitrogens is 1. The molecular weight excluding hydrogens is 266 g/mol. The van der Waals surface area contributed by atoms with Crippen molar-refractivity contribution in [3.8, 4) is 0 Å². The number of rotatable bonds is 6. The van der Waals surface area contributed by atoms with Crippen molar-refractivity contribution >= 4 is 11.7 Å². The van der Waals surface area contributed by atoms with Crippen LogP contribution in [0.2, 0.25) is 0 Å². The average molecular weight is 287 g/mol. The van der Waals surface area contributed by atoms with Crippen molar-refractivity contribution in [3.05, 3.63) is 41.3 Å². The number of nitrogens with zero attached hydrogens (tertiary/aromatic N) is 2. The molecule has 0 bridgehead atoms. The molecule has 2 rings (SSSR count). The Kier molecular flexibility index (Phi) is 4.92. The molecule has 0 saturated heterocycles. The number of pyridine rings is 1. The van der Waals surface area contributed by atoms with Gasteiger partial charge in [0.05, 0.1) is 11.3 Å². The number of amides is 1. The zero-order chi connectivity index (χ0) is 15.2. The van der Waals surface area contributed by atoms with E-state index in [1.54, 1.807) is 12.3 Å². The molecule has 0 aliphatic rings. The lowest BCUT2D eigenvalue weighted by Gasteiger charge is -2.13. The predicted octanol–water partition coefficient (Wildman–Crippen LogP) is 1.91. The summed E-state index contributed by atoms with van der Waals surface area (Å²) < 4.78 is 0. The summed E-state index contributed by atoms with van der Waals surface area (Å²) in [5.41, 5.74) is 2.64. The third kappa shape index (κ3) is 4.30. The highest BCUT2D eigenvalue weighted by Crippen LogP contribution is 2.09. The number of anilines is 1. The molecule has 0 aliphatic carbocycles. The van der Waals surface area contributed by atoms with Crippen molar-refractivity contribution in [1.29, 1.82) is 0 Å². The summed E-state index contributed by atoms with van der Waals surface area (Å²) >= 11 is 0. The average Bonchev–Trinajstić information content (AvgIpc) is 2.85. The topological polar surface area (TPSA) is 82.7 Å². The molecule has 2 heterocycles. The zero-order valence-electron chi connectivity index (χ0n) is 12.6. The number of carbonyl (C=O) groups is 1. The maximum atomic E-state index is 11.6. The normalized spacial score (nSPS) is 12.0. The van der Waals surface area contributed by atoms with Crippen LogP contribution in [-0.2, 0) is 6.42 Å². The lowest BCUT2D eigenvalue weighted by Crippen LogP contribution is -2.23. The predicted molar refractivity (Wildman–Crippen MR) is 82.4 cm³/mol. The molecule has 1 atom stereocenters. The van der Waals surface area contributed by atoms with Gasteiger partial charge in [0.25, 0.3) is 5.91 Å². The highest BCUT2D eigenvalue weighted by Gasteiger charge is 2.08. The van der Waals surface area contributed by atoms with Crippen molar-refractivity contribution in [1.82, 2.24) is 20.5 Å². The molecule has 2 aromatic rings. The first-order valence-corrected chi connectivity index (χ1v) is 7.10. The number of aromatic nitrogens is 3. The molecule has 1 amide bonds. The summed E-state index contributed by atoms with van der Waals surface area (Å²) in [6.45, 7) is 6.55. The Labute approximate surface area is 124 Å². The molecule has 2 aromatic heterocycles. The number of aryl methyl sites for hydroxylation is 1. The summed E-state index contributed by atoms with van der Waals surface area (Å²) in [6.07, 6.45) is 2.39. The van der Waals surface area contributed by atoms with E-state index in [0.717, 1.165) is 23.6 Å². The third-order valence-corrected chi connectivity index (χ3v) is 3.03. The molecule has 0 fully saturated rings. The van der Waals surface area contributed by atoms with Gasteiger partial charge in [-0.05, 0) is 39.0 Å². The summed E-state index contributed by atoms with van der Waals surface area (Å²) in [4.78, 5) is 15.9. The fraction of sp³-hybridized carbons (Fsp3) is 0.400. The molecule has 0 radical (unpaired) electrons. The van der Waals surface area contributed by atoms with Gasteiger partial charge in [-0.25, -0.2) is 4.98 Å². The third-order valence-electron chi connectivity index (χ3n) is 3.03. The zero-order valence-corrected chi connectivity index (χ0v) is 12.6. The molecule has 0 spiro atoms. The maximum Gasteiger partial charge on any atom is 0.252 e. The Balaban J connectivity index is 1.92. The van der Waals surface area contributed by atoms with Crippen molar-refractivity contribution < 1.29 is 4.79 Å². The largest absolute Gasteiger partial charge is 0.367 e. The molecule has 0 aromatic carbocycles. The van der Waals surface area contributed by atoms with Crippen LogP contribution in [0.3, 0.4) is 0 Å². The van der Waals surface area contributed by atoms with Crippen LogP contribution in [0.15, 0.2) is 24.4 Å². The highest BCUT2D eigenvalue weighted by atomic mass is 16.1. The molecular formula is C15H21N5O. The van der Waals surface area contributed by atoms with Crippen LogP contribution in [0, 0.1) is 6.92 Å². The Bertz CT molecular complexity index is 590. The van der Waals surface area contributed by atoms with Gasteiger partial charge in [0.2, 0.25) is 0 Å². The van der Waals surface area contributed by atoms with Crippen LogP contribution < -0.4 is 10.6 Å². The van der Waals surface area contributed by atoms with Crippen molar-refractivity contribution in [2.75, 3.05) is 11.9 Å². The van der Waals surface area contributed by atoms with Gasteiger partial charge in [-0.15, -0.1) is 0 Å². The number of nitrogens with one attached hydrogen (secondary N) is 3. The van der Waals surface area contributed by atoms with Gasteiger partial charge in [-0.2, -0.15) is 5.10 Å². The molecule has 3 N–H and O–H groups in total. The molecule has 0 saturated carbocycles. The second-order valence-corrected chi connectivity index (χ2v) is 5.08. The van der Waals surface area contributed by atoms with E-state index in [0.29, 0.717) is 12.1 Å². The Morgan fingerprint density at radius 2 is 2.24 bits per heavy atom. The monoisotopic (exact) mass is 287 g/mol. The van der Waals surface area contributed by atoms with E-state index in [2.05, 4.69) is 32.7 Å². The van der Waals surface area contributed by atoms with Crippen LogP contribution >= 0.6 is 0 Å². The second-order valence-electron chi connectivity index (χ2n) is 5.08. The highest BCUT2D eigenvalue weighted by molar-refractivity contribution is 5.93. The van der Waals surface area contributed by atoms with Gasteiger partial charge in [-0.3, -0.25) is 9.89 Å². The van der Waals surface area contributed by atoms with E-state index in [4.69, 9.17) is 0 Å². The summed E-state index contributed by atoms with van der Waals surface area (Å²) in [5, 5.41) is 13.2. The summed E-state index contributed by atoms with van der Waals surface area (Å²) in [5.74, 6) is 0.652. The van der Waals surface area contributed by atoms with Gasteiger partial charge in [0, 0.05) is 30.9 Å². The minimum atomic E-state index is -0.100. The van der Waals surface area contributed by atoms with Crippen molar-refractivity contribution in [3.63, 3.8) is 0 Å². The second kappa shape index (κ2) is 6.88. The van der Waals surface area contributed by atoms with E-state index in [1.165, 1.54) is 0 Å². The number of hydrogen-bond acceptors (Lipinski definition) is 4. The maximum absolute atomic E-state index is 11.6. The van der Waals surface area contributed by atoms with Crippen LogP contribution in [0.25, 0.3) is 0 Å². The number of aromatic amines is 1. The Morgan fingerprint density at radius 3 is 2.81 bits per heavy atom. The van der Waals surface area contributed by atoms with Gasteiger partial charge >= 0.3 is 0 Å². The van der Waals surface area contributed by atoms with E-state index in [9.17, 15) is 4.79 Å². The smallest absolute Gasteiger partial charge is 0.252 e. The van der Waals surface area contributed by atoms with Crippen molar-refractivity contribution in [2.24, 2.45) is 0 Å². The number of hydrogen-bond donors (Lipinski definition) is 3. The van der Waals surface area contributed by atoms with Gasteiger partial charge in [0.15, 0.2) is 0 Å². The first-order valence-electron chi connectivity index (χ1n) is 7.10. The molecule has 21 heavy (non-hydrogen) atoms. The van der Waals surface area contributed by atoms with Crippen molar-refractivity contribution in [2.45, 2.75) is 33.2 Å². The minimum absolute atomic E-state index is 0.100. The lowest BCUT2D eigenvalue weighted by atomic mass is 10.1. The SMILES string of the molecule is CCNC(=O)c1ccc(NC(C)Cc2cc(C)[nH]n2)nc1. The van der Waals surface area contributed by atoms with Gasteiger partial charge < -0.3 is 10.6 Å². The fourth-order valence-electron chi connectivity index (χ4n) is 2.07. The Hall–Kier alpha value is -2.37. The molecule has 0 aliphatic heterocycles.